The lowest BCUT2D eigenvalue weighted by Crippen LogP contribution is -2.56. The Balaban J connectivity index is 1.83. The number of hydrogen-bond donors (Lipinski definition) is 2. The summed E-state index contributed by atoms with van der Waals surface area (Å²) in [7, 11) is -3.28. The molecule has 2 heterocycles. The molecule has 1 aromatic rings. The van der Waals surface area contributed by atoms with Gasteiger partial charge in [0.1, 0.15) is 5.54 Å². The molecule has 2 saturated heterocycles. The molecule has 142 valence electrons. The summed E-state index contributed by atoms with van der Waals surface area (Å²) in [6, 6.07) is 4.85. The molecule has 0 bridgehead atoms. The zero-order valence-electron chi connectivity index (χ0n) is 14.5. The maximum Gasteiger partial charge on any atom is 0.329 e. The average molecular weight is 399 g/mol. The first-order valence-corrected chi connectivity index (χ1v) is 11.3. The summed E-state index contributed by atoms with van der Waals surface area (Å²) < 4.78 is 25.5. The van der Waals surface area contributed by atoms with Gasteiger partial charge in [-0.2, -0.15) is 11.8 Å². The molecule has 0 aromatic heterocycles. The number of thioether (sulfide) groups is 1. The lowest BCUT2D eigenvalue weighted by Gasteiger charge is -2.33. The Labute approximate surface area is 157 Å². The van der Waals surface area contributed by atoms with E-state index in [4.69, 9.17) is 0 Å². The van der Waals surface area contributed by atoms with Crippen LogP contribution in [0.3, 0.4) is 0 Å². The molecular formula is C17H22N2O5S2. The summed E-state index contributed by atoms with van der Waals surface area (Å²) in [6.45, 7) is 2.17. The average Bonchev–Trinajstić information content (AvgIpc) is 2.94. The Bertz CT molecular complexity index is 832. The van der Waals surface area contributed by atoms with Gasteiger partial charge in [-0.05, 0) is 61.5 Å². The molecule has 7 nitrogen and oxygen atoms in total. The third kappa shape index (κ3) is 3.55. The van der Waals surface area contributed by atoms with Crippen molar-refractivity contribution in [2.24, 2.45) is 0 Å². The van der Waals surface area contributed by atoms with Gasteiger partial charge in [-0.3, -0.25) is 9.10 Å². The second-order valence-corrected chi connectivity index (χ2v) is 9.93. The first kappa shape index (κ1) is 19.0. The SMILES string of the molecule is Cc1cc(N2CCCS2(=O)=O)ccc1C(=O)NC1(C(=O)O)CCSCC1. The maximum absolute atomic E-state index is 12.7. The molecule has 1 amide bonds. The molecule has 3 rings (SSSR count). The number of carboxylic acids is 1. The van der Waals surface area contributed by atoms with Crippen molar-refractivity contribution < 1.29 is 23.1 Å². The van der Waals surface area contributed by atoms with Crippen molar-refractivity contribution in [1.82, 2.24) is 5.32 Å². The topological polar surface area (TPSA) is 104 Å². The normalized spacial score (nSPS) is 21.3. The van der Waals surface area contributed by atoms with Crippen LogP contribution in [-0.2, 0) is 14.8 Å². The largest absolute Gasteiger partial charge is 0.480 e. The molecule has 26 heavy (non-hydrogen) atoms. The number of hydrogen-bond acceptors (Lipinski definition) is 5. The lowest BCUT2D eigenvalue weighted by atomic mass is 9.91. The van der Waals surface area contributed by atoms with Crippen molar-refractivity contribution in [3.05, 3.63) is 29.3 Å². The van der Waals surface area contributed by atoms with Gasteiger partial charge in [-0.25, -0.2) is 13.2 Å². The minimum atomic E-state index is -3.28. The number of anilines is 1. The summed E-state index contributed by atoms with van der Waals surface area (Å²) in [5.74, 6) is 0.0680. The van der Waals surface area contributed by atoms with Crippen LogP contribution in [-0.4, -0.2) is 54.7 Å². The standard InChI is InChI=1S/C17H22N2O5S2/c1-12-11-13(19-7-2-10-26(19,23)24)3-4-14(12)15(20)18-17(16(21)22)5-8-25-9-6-17/h3-4,11H,2,5-10H2,1H3,(H,18,20)(H,21,22). The summed E-state index contributed by atoms with van der Waals surface area (Å²) in [4.78, 5) is 24.4. The first-order chi connectivity index (χ1) is 12.3. The van der Waals surface area contributed by atoms with Gasteiger partial charge in [-0.15, -0.1) is 0 Å². The highest BCUT2D eigenvalue weighted by atomic mass is 32.2. The fraction of sp³-hybridized carbons (Fsp3) is 0.529. The van der Waals surface area contributed by atoms with Gasteiger partial charge < -0.3 is 10.4 Å². The van der Waals surface area contributed by atoms with E-state index in [9.17, 15) is 23.1 Å². The number of carboxylic acid groups (broad SMARTS) is 1. The predicted octanol–water partition coefficient (Wildman–Crippen LogP) is 1.62. The van der Waals surface area contributed by atoms with Crippen LogP contribution in [0.25, 0.3) is 0 Å². The van der Waals surface area contributed by atoms with Crippen molar-refractivity contribution in [1.29, 1.82) is 0 Å². The van der Waals surface area contributed by atoms with E-state index >= 15 is 0 Å². The number of carbonyl (C=O) groups excluding carboxylic acids is 1. The Morgan fingerprint density at radius 2 is 1.96 bits per heavy atom. The molecule has 2 N–H and O–H groups in total. The minimum Gasteiger partial charge on any atom is -0.480 e. The van der Waals surface area contributed by atoms with Crippen LogP contribution in [0.1, 0.15) is 35.2 Å². The van der Waals surface area contributed by atoms with E-state index in [0.29, 0.717) is 54.1 Å². The van der Waals surface area contributed by atoms with E-state index in [1.165, 1.54) is 4.31 Å². The molecular weight excluding hydrogens is 376 g/mol. The predicted molar refractivity (Wildman–Crippen MR) is 101 cm³/mol. The van der Waals surface area contributed by atoms with Gasteiger partial charge in [0.25, 0.3) is 5.91 Å². The molecule has 1 aromatic carbocycles. The quantitative estimate of drug-likeness (QED) is 0.799. The van der Waals surface area contributed by atoms with Gasteiger partial charge in [0.15, 0.2) is 0 Å². The van der Waals surface area contributed by atoms with Gasteiger partial charge in [0.2, 0.25) is 10.0 Å². The van der Waals surface area contributed by atoms with Crippen molar-refractivity contribution in [2.75, 3.05) is 28.1 Å². The molecule has 0 spiro atoms. The van der Waals surface area contributed by atoms with Gasteiger partial charge >= 0.3 is 5.97 Å². The molecule has 0 radical (unpaired) electrons. The van der Waals surface area contributed by atoms with Crippen molar-refractivity contribution >= 4 is 39.3 Å². The van der Waals surface area contributed by atoms with E-state index in [-0.39, 0.29) is 5.75 Å². The summed E-state index contributed by atoms with van der Waals surface area (Å²) in [6.07, 6.45) is 1.37. The molecule has 0 saturated carbocycles. The molecule has 0 unspecified atom stereocenters. The number of aliphatic carboxylic acids is 1. The number of nitrogens with one attached hydrogen (secondary N) is 1. The van der Waals surface area contributed by atoms with E-state index < -0.39 is 27.4 Å². The van der Waals surface area contributed by atoms with E-state index in [2.05, 4.69) is 5.32 Å². The summed E-state index contributed by atoms with van der Waals surface area (Å²) >= 11 is 1.68. The number of carbonyl (C=O) groups is 2. The van der Waals surface area contributed by atoms with Crippen molar-refractivity contribution in [3.63, 3.8) is 0 Å². The zero-order valence-corrected chi connectivity index (χ0v) is 16.2. The van der Waals surface area contributed by atoms with Gasteiger partial charge in [0, 0.05) is 12.1 Å². The highest BCUT2D eigenvalue weighted by molar-refractivity contribution is 7.99. The third-order valence-corrected chi connectivity index (χ3v) is 7.81. The number of sulfonamides is 1. The molecule has 0 atom stereocenters. The molecule has 9 heteroatoms. The van der Waals surface area contributed by atoms with Crippen LogP contribution < -0.4 is 9.62 Å². The Hall–Kier alpha value is -1.74. The van der Waals surface area contributed by atoms with E-state index in [0.717, 1.165) is 0 Å². The van der Waals surface area contributed by atoms with Crippen molar-refractivity contribution in [3.8, 4) is 0 Å². The Morgan fingerprint density at radius 1 is 1.27 bits per heavy atom. The van der Waals surface area contributed by atoms with E-state index in [1.807, 2.05) is 0 Å². The second-order valence-electron chi connectivity index (χ2n) is 6.69. The molecule has 2 aliphatic rings. The molecule has 2 fully saturated rings. The highest BCUT2D eigenvalue weighted by Gasteiger charge is 2.41. The molecule has 0 aliphatic carbocycles. The maximum atomic E-state index is 12.7. The third-order valence-electron chi connectivity index (χ3n) is 4.95. The number of benzene rings is 1. The number of aryl methyl sites for hydroxylation is 1. The van der Waals surface area contributed by atoms with Crippen LogP contribution >= 0.6 is 11.8 Å². The second kappa shape index (κ2) is 7.11. The van der Waals surface area contributed by atoms with E-state index in [1.54, 1.807) is 36.9 Å². The Morgan fingerprint density at radius 3 is 2.50 bits per heavy atom. The fourth-order valence-electron chi connectivity index (χ4n) is 3.38. The van der Waals surface area contributed by atoms with Crippen LogP contribution in [0.5, 0.6) is 0 Å². The lowest BCUT2D eigenvalue weighted by molar-refractivity contribution is -0.144. The van der Waals surface area contributed by atoms with Crippen LogP contribution in [0, 0.1) is 6.92 Å². The minimum absolute atomic E-state index is 0.132. The zero-order chi connectivity index (χ0) is 18.9. The summed E-state index contributed by atoms with van der Waals surface area (Å²) in [5.41, 5.74) is 0.293. The monoisotopic (exact) mass is 398 g/mol. The molecule has 2 aliphatic heterocycles. The van der Waals surface area contributed by atoms with Gasteiger partial charge in [-0.1, -0.05) is 0 Å². The van der Waals surface area contributed by atoms with Crippen molar-refractivity contribution in [2.45, 2.75) is 31.7 Å². The summed E-state index contributed by atoms with van der Waals surface area (Å²) in [5, 5.41) is 12.3. The van der Waals surface area contributed by atoms with Gasteiger partial charge in [0.05, 0.1) is 11.4 Å². The Kier molecular flexibility index (Phi) is 5.21. The van der Waals surface area contributed by atoms with Crippen LogP contribution in [0.15, 0.2) is 18.2 Å². The highest BCUT2D eigenvalue weighted by Crippen LogP contribution is 2.29. The van der Waals surface area contributed by atoms with Crippen LogP contribution in [0.4, 0.5) is 5.69 Å². The number of nitrogens with zero attached hydrogens (tertiary/aromatic N) is 1. The fourth-order valence-corrected chi connectivity index (χ4v) is 6.13. The van der Waals surface area contributed by atoms with Crippen LogP contribution in [0.2, 0.25) is 0 Å². The smallest absolute Gasteiger partial charge is 0.329 e. The number of rotatable bonds is 4. The first-order valence-electron chi connectivity index (χ1n) is 8.50. The number of amides is 1.